The number of aromatic nitrogens is 1. The zero-order valence-electron chi connectivity index (χ0n) is 11.2. The molecular weight excluding hydrogens is 240 g/mol. The van der Waals surface area contributed by atoms with E-state index in [-0.39, 0.29) is 5.91 Å². The molecule has 2 N–H and O–H groups in total. The first-order valence-corrected chi connectivity index (χ1v) is 6.46. The SMILES string of the molecule is CCC(CC)(C(N)=O)n1cc(C=O)c2ccccc21. The Labute approximate surface area is 112 Å². The van der Waals surface area contributed by atoms with Crippen molar-refractivity contribution < 1.29 is 9.59 Å². The van der Waals surface area contributed by atoms with Gasteiger partial charge in [0, 0.05) is 22.7 Å². The summed E-state index contributed by atoms with van der Waals surface area (Å²) in [4.78, 5) is 23.1. The molecular formula is C15H18N2O2. The summed E-state index contributed by atoms with van der Waals surface area (Å²) in [5, 5.41) is 0.852. The van der Waals surface area contributed by atoms with Gasteiger partial charge in [-0.3, -0.25) is 9.59 Å². The predicted octanol–water partition coefficient (Wildman–Crippen LogP) is 2.45. The molecule has 2 aromatic rings. The standard InChI is InChI=1S/C15H18N2O2/c1-3-15(4-2,14(16)19)17-9-11(10-18)12-7-5-6-8-13(12)17/h5-10H,3-4H2,1-2H3,(H2,16,19). The Bertz CT molecular complexity index is 624. The third-order valence-corrected chi connectivity index (χ3v) is 3.96. The predicted molar refractivity (Wildman–Crippen MR) is 75.1 cm³/mol. The summed E-state index contributed by atoms with van der Waals surface area (Å²) in [6.45, 7) is 3.87. The first kappa shape index (κ1) is 13.3. The first-order chi connectivity index (χ1) is 9.10. The zero-order chi connectivity index (χ0) is 14.0. The van der Waals surface area contributed by atoms with Gasteiger partial charge in [-0.2, -0.15) is 0 Å². The Morgan fingerprint density at radius 2 is 1.95 bits per heavy atom. The van der Waals surface area contributed by atoms with Gasteiger partial charge in [-0.05, 0) is 18.9 Å². The number of fused-ring (bicyclic) bond motifs is 1. The van der Waals surface area contributed by atoms with Crippen LogP contribution in [0, 0.1) is 0 Å². The number of aldehydes is 1. The van der Waals surface area contributed by atoms with E-state index in [4.69, 9.17) is 5.73 Å². The van der Waals surface area contributed by atoms with Crippen molar-refractivity contribution in [2.75, 3.05) is 0 Å². The molecule has 0 bridgehead atoms. The molecule has 0 atom stereocenters. The molecule has 0 aliphatic carbocycles. The van der Waals surface area contributed by atoms with Crippen molar-refractivity contribution in [2.24, 2.45) is 5.73 Å². The molecule has 0 saturated carbocycles. The number of nitrogens with zero attached hydrogens (tertiary/aromatic N) is 1. The van der Waals surface area contributed by atoms with Crippen molar-refractivity contribution in [1.29, 1.82) is 0 Å². The Morgan fingerprint density at radius 3 is 2.47 bits per heavy atom. The van der Waals surface area contributed by atoms with Crippen LogP contribution in [0.3, 0.4) is 0 Å². The largest absolute Gasteiger partial charge is 0.368 e. The van der Waals surface area contributed by atoms with Gasteiger partial charge in [0.1, 0.15) is 5.54 Å². The van der Waals surface area contributed by atoms with E-state index in [0.717, 1.165) is 17.2 Å². The number of amides is 1. The molecule has 19 heavy (non-hydrogen) atoms. The third kappa shape index (κ3) is 1.84. The number of carbonyl (C=O) groups excluding carboxylic acids is 2. The van der Waals surface area contributed by atoms with Crippen LogP contribution in [0.2, 0.25) is 0 Å². The fourth-order valence-electron chi connectivity index (χ4n) is 2.71. The molecule has 1 heterocycles. The highest BCUT2D eigenvalue weighted by Crippen LogP contribution is 2.32. The van der Waals surface area contributed by atoms with Crippen LogP contribution in [0.1, 0.15) is 37.0 Å². The van der Waals surface area contributed by atoms with E-state index in [1.807, 2.05) is 42.7 Å². The lowest BCUT2D eigenvalue weighted by Gasteiger charge is -2.31. The lowest BCUT2D eigenvalue weighted by molar-refractivity contribution is -0.126. The van der Waals surface area contributed by atoms with Crippen LogP contribution < -0.4 is 5.73 Å². The lowest BCUT2D eigenvalue weighted by atomic mass is 9.91. The number of primary amides is 1. The fourth-order valence-corrected chi connectivity index (χ4v) is 2.71. The normalized spacial score (nSPS) is 11.7. The summed E-state index contributed by atoms with van der Waals surface area (Å²) in [5.41, 5.74) is 6.30. The third-order valence-electron chi connectivity index (χ3n) is 3.96. The first-order valence-electron chi connectivity index (χ1n) is 6.46. The highest BCUT2D eigenvalue weighted by Gasteiger charge is 2.36. The minimum atomic E-state index is -0.777. The molecule has 0 fully saturated rings. The Morgan fingerprint density at radius 1 is 1.32 bits per heavy atom. The van der Waals surface area contributed by atoms with Crippen LogP contribution in [-0.2, 0) is 10.3 Å². The van der Waals surface area contributed by atoms with Crippen LogP contribution >= 0.6 is 0 Å². The number of hydrogen-bond donors (Lipinski definition) is 1. The monoisotopic (exact) mass is 258 g/mol. The topological polar surface area (TPSA) is 65.1 Å². The van der Waals surface area contributed by atoms with Crippen LogP contribution in [0.15, 0.2) is 30.5 Å². The zero-order valence-corrected chi connectivity index (χ0v) is 11.2. The summed E-state index contributed by atoms with van der Waals surface area (Å²) < 4.78 is 1.86. The maximum Gasteiger partial charge on any atom is 0.243 e. The molecule has 1 amide bonds. The minimum absolute atomic E-state index is 0.365. The van der Waals surface area contributed by atoms with Crippen LogP contribution in [0.5, 0.6) is 0 Å². The van der Waals surface area contributed by atoms with Gasteiger partial charge in [0.15, 0.2) is 6.29 Å². The van der Waals surface area contributed by atoms with Crippen LogP contribution in [0.25, 0.3) is 10.9 Å². The van der Waals surface area contributed by atoms with E-state index in [9.17, 15) is 9.59 Å². The molecule has 4 nitrogen and oxygen atoms in total. The molecule has 0 unspecified atom stereocenters. The Balaban J connectivity index is 2.81. The van der Waals surface area contributed by atoms with E-state index < -0.39 is 5.54 Å². The smallest absolute Gasteiger partial charge is 0.243 e. The molecule has 0 spiro atoms. The van der Waals surface area contributed by atoms with Gasteiger partial charge in [-0.1, -0.05) is 32.0 Å². The van der Waals surface area contributed by atoms with Crippen LogP contribution in [-0.4, -0.2) is 16.8 Å². The van der Waals surface area contributed by atoms with Crippen molar-refractivity contribution in [3.8, 4) is 0 Å². The van der Waals surface area contributed by atoms with E-state index in [0.29, 0.717) is 18.4 Å². The van der Waals surface area contributed by atoms with Crippen molar-refractivity contribution in [3.63, 3.8) is 0 Å². The number of hydrogen-bond acceptors (Lipinski definition) is 2. The van der Waals surface area contributed by atoms with Gasteiger partial charge in [0.25, 0.3) is 0 Å². The molecule has 1 aromatic heterocycles. The second-order valence-electron chi connectivity index (χ2n) is 4.69. The average Bonchev–Trinajstić information content (AvgIpc) is 2.80. The second-order valence-corrected chi connectivity index (χ2v) is 4.69. The van der Waals surface area contributed by atoms with Crippen molar-refractivity contribution in [1.82, 2.24) is 4.57 Å². The van der Waals surface area contributed by atoms with Crippen molar-refractivity contribution in [3.05, 3.63) is 36.0 Å². The van der Waals surface area contributed by atoms with Gasteiger partial charge in [0.2, 0.25) is 5.91 Å². The van der Waals surface area contributed by atoms with Crippen molar-refractivity contribution >= 4 is 23.1 Å². The molecule has 0 aliphatic rings. The number of rotatable bonds is 5. The van der Waals surface area contributed by atoms with Crippen LogP contribution in [0.4, 0.5) is 0 Å². The molecule has 0 aliphatic heterocycles. The average molecular weight is 258 g/mol. The molecule has 100 valence electrons. The van der Waals surface area contributed by atoms with Gasteiger partial charge in [-0.25, -0.2) is 0 Å². The van der Waals surface area contributed by atoms with Gasteiger partial charge in [0.05, 0.1) is 0 Å². The van der Waals surface area contributed by atoms with E-state index in [2.05, 4.69) is 0 Å². The summed E-state index contributed by atoms with van der Waals surface area (Å²) in [5.74, 6) is -0.365. The molecule has 4 heteroatoms. The summed E-state index contributed by atoms with van der Waals surface area (Å²) >= 11 is 0. The maximum absolute atomic E-state index is 11.9. The lowest BCUT2D eigenvalue weighted by Crippen LogP contribution is -2.45. The number of carbonyl (C=O) groups is 2. The summed E-state index contributed by atoms with van der Waals surface area (Å²) in [7, 11) is 0. The van der Waals surface area contributed by atoms with Gasteiger partial charge < -0.3 is 10.3 Å². The quantitative estimate of drug-likeness (QED) is 0.837. The second kappa shape index (κ2) is 4.88. The minimum Gasteiger partial charge on any atom is -0.368 e. The van der Waals surface area contributed by atoms with Gasteiger partial charge >= 0.3 is 0 Å². The van der Waals surface area contributed by atoms with Gasteiger partial charge in [-0.15, -0.1) is 0 Å². The molecule has 0 radical (unpaired) electrons. The highest BCUT2D eigenvalue weighted by molar-refractivity contribution is 5.99. The summed E-state index contributed by atoms with van der Waals surface area (Å²) in [6.07, 6.45) is 3.73. The van der Waals surface area contributed by atoms with E-state index in [1.165, 1.54) is 0 Å². The fraction of sp³-hybridized carbons (Fsp3) is 0.333. The summed E-state index contributed by atoms with van der Waals surface area (Å²) in [6, 6.07) is 7.56. The molecule has 2 rings (SSSR count). The molecule has 0 saturated heterocycles. The number of nitrogens with two attached hydrogens (primary N) is 1. The Hall–Kier alpha value is -2.10. The molecule has 1 aromatic carbocycles. The maximum atomic E-state index is 11.9. The van der Waals surface area contributed by atoms with E-state index in [1.54, 1.807) is 6.20 Å². The van der Waals surface area contributed by atoms with Crippen molar-refractivity contribution in [2.45, 2.75) is 32.2 Å². The number of para-hydroxylation sites is 1. The highest BCUT2D eigenvalue weighted by atomic mass is 16.1. The number of benzene rings is 1. The Kier molecular flexibility index (Phi) is 3.42. The van der Waals surface area contributed by atoms with E-state index >= 15 is 0 Å².